The van der Waals surface area contributed by atoms with E-state index in [0.717, 1.165) is 21.9 Å². The average molecular weight is 578 g/mol. The maximum atomic E-state index is 13.2. The highest BCUT2D eigenvalue weighted by Crippen LogP contribution is 2.40. The number of carbonyl (C=O) groups excluding carboxylic acids is 2. The number of halogens is 1. The Hall–Kier alpha value is -2.57. The van der Waals surface area contributed by atoms with Crippen molar-refractivity contribution >= 4 is 43.4 Å². The van der Waals surface area contributed by atoms with Gasteiger partial charge in [-0.3, -0.25) is 14.5 Å². The van der Waals surface area contributed by atoms with Gasteiger partial charge in [-0.05, 0) is 42.0 Å². The van der Waals surface area contributed by atoms with Crippen LogP contribution in [0.3, 0.4) is 0 Å². The summed E-state index contributed by atoms with van der Waals surface area (Å²) in [4.78, 5) is 30.1. The lowest BCUT2D eigenvalue weighted by atomic mass is 9.95. The third-order valence-corrected chi connectivity index (χ3v) is 8.69. The summed E-state index contributed by atoms with van der Waals surface area (Å²) in [6.07, 6.45) is 0. The van der Waals surface area contributed by atoms with E-state index in [-0.39, 0.29) is 21.8 Å². The third-order valence-electron chi connectivity index (χ3n) is 6.37. The number of amides is 1. The number of rotatable bonds is 7. The molecule has 0 radical (unpaired) electrons. The van der Waals surface area contributed by atoms with Crippen LogP contribution in [0.1, 0.15) is 17.2 Å². The zero-order valence-corrected chi connectivity index (χ0v) is 22.5. The van der Waals surface area contributed by atoms with Crippen LogP contribution in [0.2, 0.25) is 0 Å². The maximum absolute atomic E-state index is 13.2. The van der Waals surface area contributed by atoms with Crippen molar-refractivity contribution < 1.29 is 27.9 Å². The SMILES string of the molecule is CN(C)S(=O)(=O)c1ccc(C(O)=C2C(=O)C(=O)N(CCN3CCOCC3)C2c2cccc(Br)c2)cc1. The number of ketones is 1. The fraction of sp³-hybridized carbons (Fsp3) is 0.360. The van der Waals surface area contributed by atoms with E-state index in [4.69, 9.17) is 4.74 Å². The van der Waals surface area contributed by atoms with Gasteiger partial charge in [-0.25, -0.2) is 12.7 Å². The van der Waals surface area contributed by atoms with E-state index in [0.29, 0.717) is 31.9 Å². The van der Waals surface area contributed by atoms with Gasteiger partial charge in [0.1, 0.15) is 5.76 Å². The van der Waals surface area contributed by atoms with Crippen LogP contribution in [-0.2, 0) is 24.3 Å². The number of hydrogen-bond donors (Lipinski definition) is 1. The van der Waals surface area contributed by atoms with Gasteiger partial charge in [0, 0.05) is 50.3 Å². The van der Waals surface area contributed by atoms with E-state index < -0.39 is 27.8 Å². The minimum atomic E-state index is -3.66. The Labute approximate surface area is 219 Å². The van der Waals surface area contributed by atoms with Gasteiger partial charge in [0.2, 0.25) is 10.0 Å². The van der Waals surface area contributed by atoms with Crippen LogP contribution < -0.4 is 0 Å². The van der Waals surface area contributed by atoms with E-state index in [1.807, 2.05) is 24.3 Å². The van der Waals surface area contributed by atoms with Crippen LogP contribution in [-0.4, -0.2) is 92.8 Å². The highest BCUT2D eigenvalue weighted by atomic mass is 79.9. The number of likely N-dealkylation sites (tertiary alicyclic amines) is 1. The number of carbonyl (C=O) groups is 2. The number of Topliss-reactive ketones (excluding diaryl/α,β-unsaturated/α-hetero) is 1. The standard InChI is InChI=1S/C25H28BrN3O6S/c1-27(2)36(33,34)20-8-6-17(7-9-20)23(30)21-22(18-4-3-5-19(26)16-18)29(25(32)24(21)31)11-10-28-12-14-35-15-13-28/h3-9,16,22,30H,10-15H2,1-2H3. The largest absolute Gasteiger partial charge is 0.507 e. The molecule has 192 valence electrons. The molecule has 0 saturated carbocycles. The number of hydrogen-bond acceptors (Lipinski definition) is 7. The molecule has 2 aromatic carbocycles. The Kier molecular flexibility index (Phi) is 7.96. The lowest BCUT2D eigenvalue weighted by molar-refractivity contribution is -0.140. The molecule has 2 heterocycles. The number of sulfonamides is 1. The molecule has 0 aromatic heterocycles. The zero-order chi connectivity index (χ0) is 26.0. The van der Waals surface area contributed by atoms with Gasteiger partial charge < -0.3 is 14.7 Å². The molecule has 2 fully saturated rings. The Morgan fingerprint density at radius 2 is 1.75 bits per heavy atom. The number of nitrogens with zero attached hydrogens (tertiary/aromatic N) is 3. The molecule has 11 heteroatoms. The number of aliphatic hydroxyl groups excluding tert-OH is 1. The fourth-order valence-electron chi connectivity index (χ4n) is 4.36. The van der Waals surface area contributed by atoms with Gasteiger partial charge >= 0.3 is 0 Å². The van der Waals surface area contributed by atoms with Gasteiger partial charge in [0.05, 0.1) is 29.7 Å². The molecular formula is C25H28BrN3O6S. The van der Waals surface area contributed by atoms with Crippen LogP contribution in [0, 0.1) is 0 Å². The molecule has 1 atom stereocenters. The second-order valence-corrected chi connectivity index (χ2v) is 11.9. The van der Waals surface area contributed by atoms with Crippen molar-refractivity contribution in [1.82, 2.24) is 14.1 Å². The molecule has 2 saturated heterocycles. The third kappa shape index (κ3) is 5.25. The maximum Gasteiger partial charge on any atom is 0.295 e. The van der Waals surface area contributed by atoms with Crippen molar-refractivity contribution in [2.45, 2.75) is 10.9 Å². The van der Waals surface area contributed by atoms with E-state index in [9.17, 15) is 23.1 Å². The minimum absolute atomic E-state index is 0.0247. The smallest absolute Gasteiger partial charge is 0.295 e. The lowest BCUT2D eigenvalue weighted by Crippen LogP contribution is -2.42. The molecule has 4 rings (SSSR count). The van der Waals surface area contributed by atoms with Crippen molar-refractivity contribution in [2.75, 3.05) is 53.5 Å². The van der Waals surface area contributed by atoms with E-state index in [1.54, 1.807) is 0 Å². The van der Waals surface area contributed by atoms with Gasteiger partial charge in [-0.1, -0.05) is 28.1 Å². The molecule has 36 heavy (non-hydrogen) atoms. The molecule has 0 spiro atoms. The first-order valence-corrected chi connectivity index (χ1v) is 13.7. The Morgan fingerprint density at radius 1 is 1.08 bits per heavy atom. The van der Waals surface area contributed by atoms with Crippen LogP contribution in [0.5, 0.6) is 0 Å². The van der Waals surface area contributed by atoms with Crippen LogP contribution in [0.15, 0.2) is 63.5 Å². The first-order valence-electron chi connectivity index (χ1n) is 11.5. The normalized spacial score (nSPS) is 20.9. The monoisotopic (exact) mass is 577 g/mol. The Balaban J connectivity index is 1.73. The van der Waals surface area contributed by atoms with E-state index >= 15 is 0 Å². The summed E-state index contributed by atoms with van der Waals surface area (Å²) in [5.41, 5.74) is 0.904. The topological polar surface area (TPSA) is 107 Å². The van der Waals surface area contributed by atoms with Crippen molar-refractivity contribution in [3.05, 3.63) is 69.7 Å². The molecule has 9 nitrogen and oxygen atoms in total. The second kappa shape index (κ2) is 10.8. The molecule has 2 aromatic rings. The summed E-state index contributed by atoms with van der Waals surface area (Å²) in [6, 6.07) is 12.1. The number of benzene rings is 2. The Bertz CT molecular complexity index is 1290. The molecular weight excluding hydrogens is 550 g/mol. The van der Waals surface area contributed by atoms with Crippen LogP contribution >= 0.6 is 15.9 Å². The van der Waals surface area contributed by atoms with Crippen molar-refractivity contribution in [3.63, 3.8) is 0 Å². The molecule has 0 aliphatic carbocycles. The summed E-state index contributed by atoms with van der Waals surface area (Å²) in [7, 11) is -0.795. The quantitative estimate of drug-likeness (QED) is 0.306. The molecule has 2 aliphatic rings. The van der Waals surface area contributed by atoms with Crippen molar-refractivity contribution in [2.24, 2.45) is 0 Å². The second-order valence-electron chi connectivity index (χ2n) is 8.81. The predicted molar refractivity (Wildman–Crippen MR) is 138 cm³/mol. The van der Waals surface area contributed by atoms with Gasteiger partial charge in [0.25, 0.3) is 11.7 Å². The first-order chi connectivity index (χ1) is 17.1. The molecule has 0 bridgehead atoms. The van der Waals surface area contributed by atoms with Gasteiger partial charge in [-0.2, -0.15) is 0 Å². The van der Waals surface area contributed by atoms with Crippen LogP contribution in [0.4, 0.5) is 0 Å². The van der Waals surface area contributed by atoms with Gasteiger partial charge in [0.15, 0.2) is 0 Å². The summed E-state index contributed by atoms with van der Waals surface area (Å²) in [6.45, 7) is 3.60. The summed E-state index contributed by atoms with van der Waals surface area (Å²) in [5, 5.41) is 11.2. The summed E-state index contributed by atoms with van der Waals surface area (Å²) >= 11 is 3.45. The molecule has 1 amide bonds. The van der Waals surface area contributed by atoms with Crippen LogP contribution in [0.25, 0.3) is 5.76 Å². The van der Waals surface area contributed by atoms with E-state index in [1.165, 1.54) is 43.3 Å². The lowest BCUT2D eigenvalue weighted by Gasteiger charge is -2.31. The zero-order valence-electron chi connectivity index (χ0n) is 20.1. The predicted octanol–water partition coefficient (Wildman–Crippen LogP) is 2.45. The number of morpholine rings is 1. The number of aliphatic hydroxyl groups is 1. The summed E-state index contributed by atoms with van der Waals surface area (Å²) < 4.78 is 32.1. The first kappa shape index (κ1) is 26.5. The summed E-state index contributed by atoms with van der Waals surface area (Å²) in [5.74, 6) is -1.80. The van der Waals surface area contributed by atoms with Crippen molar-refractivity contribution in [1.29, 1.82) is 0 Å². The highest BCUT2D eigenvalue weighted by Gasteiger charge is 2.46. The van der Waals surface area contributed by atoms with Gasteiger partial charge in [-0.15, -0.1) is 0 Å². The van der Waals surface area contributed by atoms with E-state index in [2.05, 4.69) is 20.8 Å². The average Bonchev–Trinajstić information content (AvgIpc) is 3.12. The van der Waals surface area contributed by atoms with Crippen molar-refractivity contribution in [3.8, 4) is 0 Å². The molecule has 2 aliphatic heterocycles. The molecule has 1 N–H and O–H groups in total. The minimum Gasteiger partial charge on any atom is -0.507 e. The highest BCUT2D eigenvalue weighted by molar-refractivity contribution is 9.10. The number of ether oxygens (including phenoxy) is 1. The fourth-order valence-corrected chi connectivity index (χ4v) is 5.68. The Morgan fingerprint density at radius 3 is 2.36 bits per heavy atom. The molecule has 1 unspecified atom stereocenters.